The Balaban J connectivity index is 1.74. The van der Waals surface area contributed by atoms with E-state index < -0.39 is 0 Å². The summed E-state index contributed by atoms with van der Waals surface area (Å²) in [6, 6.07) is 1.56. The molecular formula is C14H28N2. The first-order valence-corrected chi connectivity index (χ1v) is 7.01. The van der Waals surface area contributed by atoms with Gasteiger partial charge >= 0.3 is 0 Å². The van der Waals surface area contributed by atoms with E-state index in [1.165, 1.54) is 32.4 Å². The van der Waals surface area contributed by atoms with Gasteiger partial charge in [0.15, 0.2) is 0 Å². The van der Waals surface area contributed by atoms with Crippen LogP contribution in [0.4, 0.5) is 0 Å². The molecule has 2 aliphatic carbocycles. The molecule has 0 aromatic rings. The first-order valence-electron chi connectivity index (χ1n) is 7.01. The molecule has 2 saturated carbocycles. The van der Waals surface area contributed by atoms with Crippen LogP contribution in [0.25, 0.3) is 0 Å². The van der Waals surface area contributed by atoms with Crippen LogP contribution in [0.3, 0.4) is 0 Å². The fraction of sp³-hybridized carbons (Fsp3) is 1.00. The second-order valence-electron chi connectivity index (χ2n) is 6.41. The van der Waals surface area contributed by atoms with E-state index in [-0.39, 0.29) is 0 Å². The van der Waals surface area contributed by atoms with Gasteiger partial charge in [0.2, 0.25) is 0 Å². The SMILES string of the molecule is CC(C)C(CNC1CC1)N(C)CC1CC1C. The quantitative estimate of drug-likeness (QED) is 0.714. The summed E-state index contributed by atoms with van der Waals surface area (Å²) < 4.78 is 0. The zero-order chi connectivity index (χ0) is 11.7. The Morgan fingerprint density at radius 3 is 2.38 bits per heavy atom. The molecule has 2 fully saturated rings. The number of hydrogen-bond donors (Lipinski definition) is 1. The molecule has 2 heteroatoms. The van der Waals surface area contributed by atoms with E-state index in [4.69, 9.17) is 0 Å². The average molecular weight is 224 g/mol. The highest BCUT2D eigenvalue weighted by Crippen LogP contribution is 2.38. The first-order chi connectivity index (χ1) is 7.58. The Kier molecular flexibility index (Phi) is 3.91. The van der Waals surface area contributed by atoms with Crippen molar-refractivity contribution in [2.75, 3.05) is 20.1 Å². The van der Waals surface area contributed by atoms with Gasteiger partial charge in [0.1, 0.15) is 0 Å². The molecule has 1 N–H and O–H groups in total. The molecule has 0 amide bonds. The van der Waals surface area contributed by atoms with E-state index in [0.717, 1.165) is 23.8 Å². The van der Waals surface area contributed by atoms with Gasteiger partial charge in [-0.15, -0.1) is 0 Å². The van der Waals surface area contributed by atoms with Crippen molar-refractivity contribution >= 4 is 0 Å². The summed E-state index contributed by atoms with van der Waals surface area (Å²) in [5, 5.41) is 3.68. The van der Waals surface area contributed by atoms with Gasteiger partial charge in [-0.3, -0.25) is 0 Å². The topological polar surface area (TPSA) is 15.3 Å². The van der Waals surface area contributed by atoms with Gasteiger partial charge in [0.05, 0.1) is 0 Å². The summed E-state index contributed by atoms with van der Waals surface area (Å²) in [6.07, 6.45) is 4.24. The fourth-order valence-electron chi connectivity index (χ4n) is 2.63. The van der Waals surface area contributed by atoms with Crippen LogP contribution in [0.5, 0.6) is 0 Å². The third-order valence-electron chi connectivity index (χ3n) is 4.33. The number of likely N-dealkylation sites (N-methyl/N-ethyl adjacent to an activating group) is 1. The van der Waals surface area contributed by atoms with Crippen molar-refractivity contribution in [2.45, 2.75) is 52.1 Å². The standard InChI is InChI=1S/C14H28N2/c1-10(2)14(8-15-13-5-6-13)16(4)9-12-7-11(12)3/h10-15H,5-9H2,1-4H3. The zero-order valence-corrected chi connectivity index (χ0v) is 11.4. The Morgan fingerprint density at radius 2 is 1.94 bits per heavy atom. The van der Waals surface area contributed by atoms with E-state index in [2.05, 4.69) is 38.0 Å². The van der Waals surface area contributed by atoms with Crippen LogP contribution in [0.2, 0.25) is 0 Å². The maximum absolute atomic E-state index is 3.68. The minimum atomic E-state index is 0.716. The van der Waals surface area contributed by atoms with Crippen LogP contribution in [0.1, 0.15) is 40.0 Å². The molecule has 16 heavy (non-hydrogen) atoms. The van der Waals surface area contributed by atoms with Gasteiger partial charge in [0, 0.05) is 25.2 Å². The maximum Gasteiger partial charge on any atom is 0.0240 e. The third kappa shape index (κ3) is 3.46. The van der Waals surface area contributed by atoms with Crippen LogP contribution in [0, 0.1) is 17.8 Å². The minimum absolute atomic E-state index is 0.716. The van der Waals surface area contributed by atoms with Crippen LogP contribution >= 0.6 is 0 Å². The number of hydrogen-bond acceptors (Lipinski definition) is 2. The fourth-order valence-corrected chi connectivity index (χ4v) is 2.63. The second kappa shape index (κ2) is 5.05. The molecule has 0 saturated heterocycles. The first kappa shape index (κ1) is 12.4. The van der Waals surface area contributed by atoms with E-state index in [0.29, 0.717) is 6.04 Å². The molecule has 3 atom stereocenters. The highest BCUT2D eigenvalue weighted by Gasteiger charge is 2.35. The van der Waals surface area contributed by atoms with E-state index >= 15 is 0 Å². The van der Waals surface area contributed by atoms with Crippen LogP contribution in [-0.4, -0.2) is 37.1 Å². The monoisotopic (exact) mass is 224 g/mol. The lowest BCUT2D eigenvalue weighted by atomic mass is 10.0. The highest BCUT2D eigenvalue weighted by molar-refractivity contribution is 4.89. The lowest BCUT2D eigenvalue weighted by molar-refractivity contribution is 0.178. The van der Waals surface area contributed by atoms with Crippen molar-refractivity contribution in [3.63, 3.8) is 0 Å². The molecule has 0 aromatic carbocycles. The molecule has 94 valence electrons. The summed E-state index contributed by atoms with van der Waals surface area (Å²) in [7, 11) is 2.31. The van der Waals surface area contributed by atoms with Crippen molar-refractivity contribution in [3.8, 4) is 0 Å². The normalized spacial score (nSPS) is 31.1. The number of rotatable bonds is 7. The molecule has 2 nitrogen and oxygen atoms in total. The average Bonchev–Trinajstić information content (AvgIpc) is 3.07. The molecule has 0 spiro atoms. The number of nitrogens with zero attached hydrogens (tertiary/aromatic N) is 1. The minimum Gasteiger partial charge on any atom is -0.312 e. The Labute approximate surface area is 101 Å². The van der Waals surface area contributed by atoms with Gasteiger partial charge in [-0.2, -0.15) is 0 Å². The molecule has 0 heterocycles. The molecular weight excluding hydrogens is 196 g/mol. The lowest BCUT2D eigenvalue weighted by Crippen LogP contribution is -2.45. The summed E-state index contributed by atoms with van der Waals surface area (Å²) in [6.45, 7) is 9.57. The van der Waals surface area contributed by atoms with Gasteiger partial charge in [0.25, 0.3) is 0 Å². The summed E-state index contributed by atoms with van der Waals surface area (Å²) >= 11 is 0. The zero-order valence-electron chi connectivity index (χ0n) is 11.4. The van der Waals surface area contributed by atoms with E-state index in [9.17, 15) is 0 Å². The molecule has 0 aliphatic heterocycles. The van der Waals surface area contributed by atoms with Crippen molar-refractivity contribution in [1.29, 1.82) is 0 Å². The number of nitrogens with one attached hydrogen (secondary N) is 1. The van der Waals surface area contributed by atoms with Gasteiger partial charge < -0.3 is 10.2 Å². The van der Waals surface area contributed by atoms with Crippen molar-refractivity contribution in [2.24, 2.45) is 17.8 Å². The molecule has 2 aliphatic rings. The third-order valence-corrected chi connectivity index (χ3v) is 4.33. The van der Waals surface area contributed by atoms with Crippen molar-refractivity contribution in [3.05, 3.63) is 0 Å². The molecule has 2 rings (SSSR count). The smallest absolute Gasteiger partial charge is 0.0240 e. The molecule has 3 unspecified atom stereocenters. The van der Waals surface area contributed by atoms with Crippen LogP contribution in [0.15, 0.2) is 0 Å². The largest absolute Gasteiger partial charge is 0.312 e. The Hall–Kier alpha value is -0.0800. The summed E-state index contributed by atoms with van der Waals surface area (Å²) in [5.74, 6) is 2.71. The second-order valence-corrected chi connectivity index (χ2v) is 6.41. The maximum atomic E-state index is 3.68. The summed E-state index contributed by atoms with van der Waals surface area (Å²) in [5.41, 5.74) is 0. The molecule has 0 bridgehead atoms. The lowest BCUT2D eigenvalue weighted by Gasteiger charge is -2.31. The van der Waals surface area contributed by atoms with Gasteiger partial charge in [-0.1, -0.05) is 20.8 Å². The Bertz CT molecular complexity index is 223. The van der Waals surface area contributed by atoms with Gasteiger partial charge in [-0.25, -0.2) is 0 Å². The van der Waals surface area contributed by atoms with Crippen molar-refractivity contribution in [1.82, 2.24) is 10.2 Å². The predicted octanol–water partition coefficient (Wildman–Crippen LogP) is 2.35. The van der Waals surface area contributed by atoms with Gasteiger partial charge in [-0.05, 0) is 44.1 Å². The van der Waals surface area contributed by atoms with E-state index in [1.807, 2.05) is 0 Å². The predicted molar refractivity (Wildman–Crippen MR) is 69.6 cm³/mol. The van der Waals surface area contributed by atoms with Crippen molar-refractivity contribution < 1.29 is 0 Å². The van der Waals surface area contributed by atoms with Crippen LogP contribution in [-0.2, 0) is 0 Å². The summed E-state index contributed by atoms with van der Waals surface area (Å²) in [4.78, 5) is 2.59. The molecule has 0 radical (unpaired) electrons. The van der Waals surface area contributed by atoms with Crippen LogP contribution < -0.4 is 5.32 Å². The van der Waals surface area contributed by atoms with E-state index in [1.54, 1.807) is 0 Å². The Morgan fingerprint density at radius 1 is 1.31 bits per heavy atom. The molecule has 0 aromatic heterocycles. The highest BCUT2D eigenvalue weighted by atomic mass is 15.2.